The smallest absolute Gasteiger partial charge is 0.166 e. The van der Waals surface area contributed by atoms with E-state index >= 15 is 4.39 Å². The molecule has 2 fully saturated rings. The second kappa shape index (κ2) is 13.0. The van der Waals surface area contributed by atoms with Crippen LogP contribution in [0.4, 0.5) is 13.2 Å². The summed E-state index contributed by atoms with van der Waals surface area (Å²) in [4.78, 5) is 0. The van der Waals surface area contributed by atoms with E-state index in [1.54, 1.807) is 30.3 Å². The Hall–Kier alpha value is -2.27. The standard InChI is InChI=1S/C32H41F3O2/c1-3-5-29(36)24-14-12-23(13-15-24)27-18-16-25(31(34)32(27)35)11-8-21-6-9-22(10-7-21)26-17-19-30(37-4-2)28(33)20-26/h8,11,16-24,29,36H,3-7,9-10,12-15H2,1-2H3/b11-8+. The van der Waals surface area contributed by atoms with Gasteiger partial charge in [0.15, 0.2) is 23.2 Å². The van der Waals surface area contributed by atoms with E-state index in [9.17, 15) is 13.9 Å². The zero-order chi connectivity index (χ0) is 26.4. The van der Waals surface area contributed by atoms with E-state index < -0.39 is 11.6 Å². The lowest BCUT2D eigenvalue weighted by Gasteiger charge is -2.32. The fourth-order valence-corrected chi connectivity index (χ4v) is 6.30. The molecule has 202 valence electrons. The van der Waals surface area contributed by atoms with Crippen molar-refractivity contribution in [3.05, 3.63) is 70.5 Å². The number of hydrogen-bond donors (Lipinski definition) is 1. The molecule has 2 aromatic rings. The average Bonchev–Trinajstić information content (AvgIpc) is 2.91. The number of aliphatic hydroxyl groups excluding tert-OH is 1. The maximum absolute atomic E-state index is 15.0. The zero-order valence-electron chi connectivity index (χ0n) is 22.2. The SMILES string of the molecule is CCCC(O)C1CCC(c2ccc(/C=C/C3CCC(c4ccc(OCC)c(F)c4)CC3)c(F)c2F)CC1. The first-order valence-corrected chi connectivity index (χ1v) is 14.2. The number of halogens is 3. The zero-order valence-corrected chi connectivity index (χ0v) is 22.2. The van der Waals surface area contributed by atoms with Crippen molar-refractivity contribution in [1.29, 1.82) is 0 Å². The number of benzene rings is 2. The van der Waals surface area contributed by atoms with Crippen LogP contribution in [0.25, 0.3) is 6.08 Å². The molecule has 2 nitrogen and oxygen atoms in total. The number of rotatable bonds is 9. The van der Waals surface area contributed by atoms with E-state index in [1.165, 1.54) is 0 Å². The first kappa shape index (κ1) is 27.8. The first-order chi connectivity index (χ1) is 17.9. The summed E-state index contributed by atoms with van der Waals surface area (Å²) < 4.78 is 49.6. The summed E-state index contributed by atoms with van der Waals surface area (Å²) in [5.74, 6) is -0.611. The Balaban J connectivity index is 1.32. The third-order valence-electron chi connectivity index (χ3n) is 8.53. The topological polar surface area (TPSA) is 29.5 Å². The van der Waals surface area contributed by atoms with Crippen molar-refractivity contribution in [2.75, 3.05) is 6.61 Å². The van der Waals surface area contributed by atoms with Crippen molar-refractivity contribution in [2.24, 2.45) is 11.8 Å². The Labute approximate surface area is 219 Å². The van der Waals surface area contributed by atoms with Crippen molar-refractivity contribution < 1.29 is 23.0 Å². The molecule has 2 aliphatic carbocycles. The highest BCUT2D eigenvalue weighted by Gasteiger charge is 2.29. The van der Waals surface area contributed by atoms with Gasteiger partial charge in [-0.1, -0.05) is 43.7 Å². The van der Waals surface area contributed by atoms with E-state index in [4.69, 9.17) is 4.74 Å². The number of aliphatic hydroxyl groups is 1. The minimum atomic E-state index is -0.763. The van der Waals surface area contributed by atoms with Crippen molar-refractivity contribution >= 4 is 6.08 Å². The highest BCUT2D eigenvalue weighted by molar-refractivity contribution is 5.52. The molecule has 2 saturated carbocycles. The van der Waals surface area contributed by atoms with Gasteiger partial charge in [0.1, 0.15) is 0 Å². The Morgan fingerprint density at radius 1 is 0.892 bits per heavy atom. The summed E-state index contributed by atoms with van der Waals surface area (Å²) in [6.45, 7) is 4.34. The summed E-state index contributed by atoms with van der Waals surface area (Å²) in [6.07, 6.45) is 12.3. The van der Waals surface area contributed by atoms with Gasteiger partial charge in [-0.3, -0.25) is 0 Å². The molecule has 1 atom stereocenters. The maximum Gasteiger partial charge on any atom is 0.166 e. The Morgan fingerprint density at radius 2 is 1.59 bits per heavy atom. The number of hydrogen-bond acceptors (Lipinski definition) is 2. The minimum Gasteiger partial charge on any atom is -0.491 e. The summed E-state index contributed by atoms with van der Waals surface area (Å²) in [6, 6.07) is 8.71. The molecule has 0 amide bonds. The van der Waals surface area contributed by atoms with Crippen LogP contribution in [0.5, 0.6) is 5.75 Å². The molecule has 37 heavy (non-hydrogen) atoms. The van der Waals surface area contributed by atoms with Crippen LogP contribution in [0.2, 0.25) is 0 Å². The second-order valence-electron chi connectivity index (χ2n) is 10.9. The van der Waals surface area contributed by atoms with Crippen LogP contribution in [-0.2, 0) is 0 Å². The van der Waals surface area contributed by atoms with Crippen LogP contribution in [0.3, 0.4) is 0 Å². The Morgan fingerprint density at radius 3 is 2.24 bits per heavy atom. The van der Waals surface area contributed by atoms with Gasteiger partial charge in [-0.25, -0.2) is 13.2 Å². The van der Waals surface area contributed by atoms with Gasteiger partial charge in [0.2, 0.25) is 0 Å². The first-order valence-electron chi connectivity index (χ1n) is 14.2. The highest BCUT2D eigenvalue weighted by atomic mass is 19.2. The average molecular weight is 515 g/mol. The Bertz CT molecular complexity index is 1050. The van der Waals surface area contributed by atoms with E-state index in [0.29, 0.717) is 35.3 Å². The van der Waals surface area contributed by atoms with E-state index in [1.807, 2.05) is 19.1 Å². The second-order valence-corrected chi connectivity index (χ2v) is 10.9. The van der Waals surface area contributed by atoms with Gasteiger partial charge in [0.25, 0.3) is 0 Å². The molecule has 5 heteroatoms. The molecule has 0 spiro atoms. The van der Waals surface area contributed by atoms with Crippen LogP contribution in [0.15, 0.2) is 36.4 Å². The lowest BCUT2D eigenvalue weighted by molar-refractivity contribution is 0.0727. The van der Waals surface area contributed by atoms with Gasteiger partial charge in [-0.05, 0) is 112 Å². The molecule has 0 saturated heterocycles. The summed E-state index contributed by atoms with van der Waals surface area (Å²) in [5, 5.41) is 10.3. The van der Waals surface area contributed by atoms with Gasteiger partial charge in [-0.15, -0.1) is 0 Å². The molecule has 0 heterocycles. The minimum absolute atomic E-state index is 0.0142. The molecule has 2 aromatic carbocycles. The van der Waals surface area contributed by atoms with Crippen LogP contribution < -0.4 is 4.74 Å². The van der Waals surface area contributed by atoms with Gasteiger partial charge in [-0.2, -0.15) is 0 Å². The van der Waals surface area contributed by atoms with Crippen molar-refractivity contribution in [3.8, 4) is 5.75 Å². The summed E-state index contributed by atoms with van der Waals surface area (Å²) in [5.41, 5.74) is 1.77. The van der Waals surface area contributed by atoms with Crippen LogP contribution in [0.1, 0.15) is 107 Å². The lowest BCUT2D eigenvalue weighted by Crippen LogP contribution is -2.25. The monoisotopic (exact) mass is 514 g/mol. The highest BCUT2D eigenvalue weighted by Crippen LogP contribution is 2.40. The molecule has 0 bridgehead atoms. The van der Waals surface area contributed by atoms with Gasteiger partial charge < -0.3 is 9.84 Å². The van der Waals surface area contributed by atoms with E-state index in [2.05, 4.69) is 6.92 Å². The maximum atomic E-state index is 15.0. The van der Waals surface area contributed by atoms with Crippen LogP contribution >= 0.6 is 0 Å². The molecule has 0 radical (unpaired) electrons. The van der Waals surface area contributed by atoms with Gasteiger partial charge in [0.05, 0.1) is 12.7 Å². The normalized spacial score (nSPS) is 25.4. The largest absolute Gasteiger partial charge is 0.491 e. The molecule has 1 unspecified atom stereocenters. The molecule has 0 aromatic heterocycles. The predicted molar refractivity (Wildman–Crippen MR) is 143 cm³/mol. The predicted octanol–water partition coefficient (Wildman–Crippen LogP) is 8.92. The molecule has 0 aliphatic heterocycles. The van der Waals surface area contributed by atoms with Crippen molar-refractivity contribution in [2.45, 2.75) is 96.0 Å². The fraction of sp³-hybridized carbons (Fsp3) is 0.562. The summed E-state index contributed by atoms with van der Waals surface area (Å²) in [7, 11) is 0. The molecule has 2 aliphatic rings. The van der Waals surface area contributed by atoms with Gasteiger partial charge >= 0.3 is 0 Å². The third-order valence-corrected chi connectivity index (χ3v) is 8.53. The number of ether oxygens (including phenoxy) is 1. The van der Waals surface area contributed by atoms with E-state index in [-0.39, 0.29) is 23.8 Å². The van der Waals surface area contributed by atoms with E-state index in [0.717, 1.165) is 69.8 Å². The summed E-state index contributed by atoms with van der Waals surface area (Å²) >= 11 is 0. The van der Waals surface area contributed by atoms with Gasteiger partial charge in [0, 0.05) is 5.56 Å². The van der Waals surface area contributed by atoms with Crippen molar-refractivity contribution in [3.63, 3.8) is 0 Å². The Kier molecular flexibility index (Phi) is 9.75. The molecule has 1 N–H and O–H groups in total. The molecular weight excluding hydrogens is 473 g/mol. The number of allylic oxidation sites excluding steroid dienone is 1. The van der Waals surface area contributed by atoms with Crippen molar-refractivity contribution in [1.82, 2.24) is 0 Å². The van der Waals surface area contributed by atoms with Crippen LogP contribution in [-0.4, -0.2) is 17.8 Å². The fourth-order valence-electron chi connectivity index (χ4n) is 6.30. The lowest BCUT2D eigenvalue weighted by atomic mass is 9.75. The molecular formula is C32H41F3O2. The molecule has 4 rings (SSSR count). The third kappa shape index (κ3) is 6.79. The quantitative estimate of drug-likeness (QED) is 0.362. The van der Waals surface area contributed by atoms with Crippen LogP contribution in [0, 0.1) is 29.3 Å².